The van der Waals surface area contributed by atoms with Crippen molar-refractivity contribution in [1.82, 2.24) is 9.55 Å². The van der Waals surface area contributed by atoms with Gasteiger partial charge in [-0.05, 0) is 31.5 Å². The first-order chi connectivity index (χ1) is 9.19. The molecule has 3 nitrogen and oxygen atoms in total. The number of ether oxygens (including phenoxy) is 1. The van der Waals surface area contributed by atoms with Crippen LogP contribution < -0.4 is 0 Å². The summed E-state index contributed by atoms with van der Waals surface area (Å²) >= 11 is 12.0. The fraction of sp³-hybridized carbons (Fsp3) is 0.500. The Labute approximate surface area is 122 Å². The summed E-state index contributed by atoms with van der Waals surface area (Å²) in [5.41, 5.74) is 2.01. The third-order valence-electron chi connectivity index (χ3n) is 3.86. The van der Waals surface area contributed by atoms with Crippen LogP contribution in [0.15, 0.2) is 18.2 Å². The van der Waals surface area contributed by atoms with Crippen molar-refractivity contribution in [3.05, 3.63) is 29.0 Å². The molecule has 19 heavy (non-hydrogen) atoms. The smallest absolute Gasteiger partial charge is 0.124 e. The third kappa shape index (κ3) is 2.47. The summed E-state index contributed by atoms with van der Waals surface area (Å²) in [6.45, 7) is 3.88. The Balaban J connectivity index is 2.00. The summed E-state index contributed by atoms with van der Waals surface area (Å²) in [7, 11) is 0. The highest BCUT2D eigenvalue weighted by Crippen LogP contribution is 2.27. The Kier molecular flexibility index (Phi) is 3.70. The number of imidazole rings is 1. The van der Waals surface area contributed by atoms with Crippen molar-refractivity contribution in [2.24, 2.45) is 5.92 Å². The van der Waals surface area contributed by atoms with Crippen LogP contribution in [0.5, 0.6) is 0 Å². The highest BCUT2D eigenvalue weighted by Gasteiger charge is 2.26. The summed E-state index contributed by atoms with van der Waals surface area (Å²) < 4.78 is 7.83. The van der Waals surface area contributed by atoms with E-state index in [0.717, 1.165) is 36.4 Å². The Morgan fingerprint density at radius 3 is 3.00 bits per heavy atom. The van der Waals surface area contributed by atoms with E-state index >= 15 is 0 Å². The Bertz CT molecular complexity index is 596. The molecule has 2 heterocycles. The lowest BCUT2D eigenvalue weighted by molar-refractivity contribution is 0.102. The Morgan fingerprint density at radius 1 is 1.47 bits per heavy atom. The molecule has 1 aliphatic heterocycles. The van der Waals surface area contributed by atoms with Crippen molar-refractivity contribution in [1.29, 1.82) is 0 Å². The fourth-order valence-electron chi connectivity index (χ4n) is 2.71. The van der Waals surface area contributed by atoms with Crippen molar-refractivity contribution in [3.63, 3.8) is 0 Å². The van der Waals surface area contributed by atoms with E-state index < -0.39 is 0 Å². The van der Waals surface area contributed by atoms with E-state index in [1.54, 1.807) is 0 Å². The van der Waals surface area contributed by atoms with Gasteiger partial charge in [0.1, 0.15) is 5.82 Å². The summed E-state index contributed by atoms with van der Waals surface area (Å²) in [5.74, 6) is 1.84. The minimum absolute atomic E-state index is 0.299. The second-order valence-electron chi connectivity index (χ2n) is 5.03. The van der Waals surface area contributed by atoms with E-state index in [0.29, 0.717) is 22.9 Å². The van der Waals surface area contributed by atoms with Crippen LogP contribution in [0.25, 0.3) is 11.0 Å². The molecular formula is C14H16Cl2N2O. The van der Waals surface area contributed by atoms with Gasteiger partial charge in [-0.25, -0.2) is 4.98 Å². The summed E-state index contributed by atoms with van der Waals surface area (Å²) in [5, 5.41) is 0.704. The molecule has 1 aromatic carbocycles. The first kappa shape index (κ1) is 13.2. The molecule has 2 aromatic rings. The van der Waals surface area contributed by atoms with Gasteiger partial charge < -0.3 is 9.30 Å². The maximum Gasteiger partial charge on any atom is 0.124 e. The highest BCUT2D eigenvalue weighted by molar-refractivity contribution is 6.31. The molecule has 2 atom stereocenters. The van der Waals surface area contributed by atoms with Crippen molar-refractivity contribution >= 4 is 34.2 Å². The van der Waals surface area contributed by atoms with Gasteiger partial charge in [-0.1, -0.05) is 11.6 Å². The third-order valence-corrected chi connectivity index (χ3v) is 4.33. The van der Waals surface area contributed by atoms with Gasteiger partial charge in [-0.2, -0.15) is 0 Å². The van der Waals surface area contributed by atoms with Gasteiger partial charge in [0.15, 0.2) is 0 Å². The number of alkyl halides is 1. The average Bonchev–Trinajstić information content (AvgIpc) is 2.94. The van der Waals surface area contributed by atoms with Crippen molar-refractivity contribution in [3.8, 4) is 0 Å². The van der Waals surface area contributed by atoms with E-state index in [-0.39, 0.29) is 0 Å². The Morgan fingerprint density at radius 2 is 2.32 bits per heavy atom. The average molecular weight is 299 g/mol. The maximum atomic E-state index is 6.02. The van der Waals surface area contributed by atoms with Crippen molar-refractivity contribution in [2.75, 3.05) is 6.61 Å². The number of fused-ring (bicyclic) bond motifs is 1. The maximum absolute atomic E-state index is 6.02. The van der Waals surface area contributed by atoms with E-state index in [4.69, 9.17) is 27.9 Å². The van der Waals surface area contributed by atoms with Gasteiger partial charge in [-0.15, -0.1) is 11.6 Å². The molecular weight excluding hydrogens is 283 g/mol. The van der Waals surface area contributed by atoms with Crippen LogP contribution in [0, 0.1) is 5.92 Å². The minimum atomic E-state index is 0.299. The number of hydrogen-bond donors (Lipinski definition) is 0. The summed E-state index contributed by atoms with van der Waals surface area (Å²) in [4.78, 5) is 4.56. The van der Waals surface area contributed by atoms with Gasteiger partial charge >= 0.3 is 0 Å². The van der Waals surface area contributed by atoms with Crippen LogP contribution in [0.4, 0.5) is 0 Å². The van der Waals surface area contributed by atoms with Gasteiger partial charge in [0.2, 0.25) is 0 Å². The van der Waals surface area contributed by atoms with Gasteiger partial charge in [-0.3, -0.25) is 0 Å². The normalized spacial score (nSPS) is 23.3. The highest BCUT2D eigenvalue weighted by atomic mass is 35.5. The number of hydrogen-bond acceptors (Lipinski definition) is 2. The molecule has 3 rings (SSSR count). The number of halogens is 2. The van der Waals surface area contributed by atoms with Crippen LogP contribution in [0.3, 0.4) is 0 Å². The van der Waals surface area contributed by atoms with Crippen LogP contribution >= 0.6 is 23.2 Å². The van der Waals surface area contributed by atoms with Gasteiger partial charge in [0.05, 0.1) is 23.0 Å². The van der Waals surface area contributed by atoms with Gasteiger partial charge in [0, 0.05) is 24.1 Å². The standard InChI is InChI=1S/C14H16Cl2N2O/c1-9-10(4-5-19-9)8-18-13-3-2-11(16)6-12(13)17-14(18)7-15/h2-3,6,9-10H,4-5,7-8H2,1H3. The fourth-order valence-corrected chi connectivity index (χ4v) is 3.08. The molecule has 1 aromatic heterocycles. The zero-order valence-corrected chi connectivity index (χ0v) is 12.3. The molecule has 1 aliphatic rings. The largest absolute Gasteiger partial charge is 0.378 e. The van der Waals surface area contributed by atoms with Crippen LogP contribution in [-0.2, 0) is 17.2 Å². The van der Waals surface area contributed by atoms with E-state index in [2.05, 4.69) is 16.5 Å². The molecule has 0 bridgehead atoms. The molecule has 0 saturated carbocycles. The van der Waals surface area contributed by atoms with E-state index in [1.807, 2.05) is 18.2 Å². The molecule has 0 aliphatic carbocycles. The first-order valence-electron chi connectivity index (χ1n) is 6.51. The molecule has 2 unspecified atom stereocenters. The van der Waals surface area contributed by atoms with E-state index in [9.17, 15) is 0 Å². The van der Waals surface area contributed by atoms with Crippen molar-refractivity contribution < 1.29 is 4.74 Å². The van der Waals surface area contributed by atoms with Crippen LogP contribution in [0.2, 0.25) is 5.02 Å². The topological polar surface area (TPSA) is 27.1 Å². The predicted octanol–water partition coefficient (Wildman–Crippen LogP) is 3.85. The molecule has 0 amide bonds. The first-order valence-corrected chi connectivity index (χ1v) is 7.42. The minimum Gasteiger partial charge on any atom is -0.378 e. The summed E-state index contributed by atoms with van der Waals surface area (Å²) in [6.07, 6.45) is 1.39. The Hall–Kier alpha value is -0.770. The molecule has 0 spiro atoms. The molecule has 0 radical (unpaired) electrons. The lowest BCUT2D eigenvalue weighted by atomic mass is 10.0. The number of aromatic nitrogens is 2. The number of nitrogens with zero attached hydrogens (tertiary/aromatic N) is 2. The second-order valence-corrected chi connectivity index (χ2v) is 5.73. The number of benzene rings is 1. The summed E-state index contributed by atoms with van der Waals surface area (Å²) in [6, 6.07) is 5.80. The van der Waals surface area contributed by atoms with E-state index in [1.165, 1.54) is 0 Å². The van der Waals surface area contributed by atoms with Gasteiger partial charge in [0.25, 0.3) is 0 Å². The van der Waals surface area contributed by atoms with Crippen LogP contribution in [0.1, 0.15) is 19.2 Å². The molecule has 0 N–H and O–H groups in total. The van der Waals surface area contributed by atoms with Crippen molar-refractivity contribution in [2.45, 2.75) is 31.9 Å². The molecule has 1 saturated heterocycles. The lowest BCUT2D eigenvalue weighted by Crippen LogP contribution is -2.19. The van der Waals surface area contributed by atoms with Crippen LogP contribution in [-0.4, -0.2) is 22.3 Å². The SMILES string of the molecule is CC1OCCC1Cn1c(CCl)nc2cc(Cl)ccc21. The molecule has 1 fully saturated rings. The second kappa shape index (κ2) is 5.31. The number of rotatable bonds is 3. The lowest BCUT2D eigenvalue weighted by Gasteiger charge is -2.16. The zero-order chi connectivity index (χ0) is 13.4. The zero-order valence-electron chi connectivity index (χ0n) is 10.8. The molecule has 102 valence electrons. The predicted molar refractivity (Wildman–Crippen MR) is 77.8 cm³/mol. The monoisotopic (exact) mass is 298 g/mol. The molecule has 5 heteroatoms. The quantitative estimate of drug-likeness (QED) is 0.805.